The maximum atomic E-state index is 10.6. The Morgan fingerprint density at radius 1 is 1.13 bits per heavy atom. The number of aliphatic hydroxyl groups excluding tert-OH is 2. The molecule has 198 valence electrons. The van der Waals surface area contributed by atoms with E-state index in [1.54, 1.807) is 22.5 Å². The van der Waals surface area contributed by atoms with Crippen LogP contribution in [-0.4, -0.2) is 77.0 Å². The third kappa shape index (κ3) is 5.70. The number of fused-ring (bicyclic) bond motifs is 1. The summed E-state index contributed by atoms with van der Waals surface area (Å²) < 4.78 is 7.54. The van der Waals surface area contributed by atoms with Crippen LogP contribution in [0, 0.1) is 0 Å². The molecule has 4 atom stereocenters. The Hall–Kier alpha value is -3.78. The van der Waals surface area contributed by atoms with Crippen LogP contribution in [0.25, 0.3) is 22.3 Å². The lowest BCUT2D eigenvalue weighted by atomic mass is 10.1. The smallest absolute Gasteiger partial charge is 0.193 e. The number of nitrogen functional groups attached to an aromatic ring is 1. The number of nitrogens with one attached hydrogen (secondary N) is 1. The molecule has 3 aromatic heterocycles. The lowest BCUT2D eigenvalue weighted by Gasteiger charge is -2.16. The fourth-order valence-electron chi connectivity index (χ4n) is 4.22. The van der Waals surface area contributed by atoms with Crippen LogP contribution < -0.4 is 16.8 Å². The summed E-state index contributed by atoms with van der Waals surface area (Å²) in [6, 6.07) is 11.8. The van der Waals surface area contributed by atoms with Gasteiger partial charge in [-0.15, -0.1) is 0 Å². The monoisotopic (exact) mass is 535 g/mol. The number of nitrogens with two attached hydrogens (primary N) is 2. The van der Waals surface area contributed by atoms with Crippen molar-refractivity contribution in [3.8, 4) is 11.1 Å². The number of aromatic nitrogens is 5. The molecule has 12 nitrogen and oxygen atoms in total. The maximum Gasteiger partial charge on any atom is 0.193 e. The number of thioether (sulfide) groups is 1. The van der Waals surface area contributed by atoms with Crippen molar-refractivity contribution in [2.24, 2.45) is 10.7 Å². The van der Waals surface area contributed by atoms with Gasteiger partial charge in [0.05, 0.1) is 12.4 Å². The summed E-state index contributed by atoms with van der Waals surface area (Å²) >= 11 is 1.61. The number of ether oxygens (including phenoxy) is 1. The van der Waals surface area contributed by atoms with Crippen molar-refractivity contribution in [2.75, 3.05) is 29.1 Å². The van der Waals surface area contributed by atoms with Gasteiger partial charge in [-0.2, -0.15) is 11.8 Å². The van der Waals surface area contributed by atoms with Crippen LogP contribution in [0.4, 0.5) is 11.5 Å². The molecule has 0 amide bonds. The van der Waals surface area contributed by atoms with Gasteiger partial charge in [-0.25, -0.2) is 15.0 Å². The molecule has 0 saturated carbocycles. The molecule has 13 heteroatoms. The molecule has 7 N–H and O–H groups in total. The lowest BCUT2D eigenvalue weighted by Crippen LogP contribution is -2.32. The number of hydrogen-bond donors (Lipinski definition) is 5. The molecule has 4 heterocycles. The van der Waals surface area contributed by atoms with E-state index in [2.05, 4.69) is 30.2 Å². The summed E-state index contributed by atoms with van der Waals surface area (Å²) in [6.07, 6.45) is 3.64. The topological polar surface area (TPSA) is 183 Å². The predicted octanol–water partition coefficient (Wildman–Crippen LogP) is 1.64. The maximum absolute atomic E-state index is 10.6. The van der Waals surface area contributed by atoms with Gasteiger partial charge in [0.25, 0.3) is 0 Å². The van der Waals surface area contributed by atoms with Crippen LogP contribution in [0.15, 0.2) is 66.4 Å². The zero-order valence-electron chi connectivity index (χ0n) is 20.5. The van der Waals surface area contributed by atoms with Crippen molar-refractivity contribution in [3.63, 3.8) is 0 Å². The molecule has 0 bridgehead atoms. The fraction of sp³-hybridized carbons (Fsp3) is 0.320. The third-order valence-electron chi connectivity index (χ3n) is 6.14. The second-order valence-corrected chi connectivity index (χ2v) is 9.92. The summed E-state index contributed by atoms with van der Waals surface area (Å²) in [5, 5.41) is 24.2. The molecule has 0 spiro atoms. The van der Waals surface area contributed by atoms with E-state index in [0.29, 0.717) is 29.4 Å². The summed E-state index contributed by atoms with van der Waals surface area (Å²) in [7, 11) is 0. The Morgan fingerprint density at radius 3 is 2.84 bits per heavy atom. The SMILES string of the molecule is NC(=NCCCSC[C@H]1O[C@@H](n2cnc3c(N)ncnc32)[C@H](O)[C@@H]1O)Nc1cccc(-c2cccnc2)c1. The highest BCUT2D eigenvalue weighted by molar-refractivity contribution is 7.99. The van der Waals surface area contributed by atoms with Crippen LogP contribution in [0.3, 0.4) is 0 Å². The second-order valence-electron chi connectivity index (χ2n) is 8.77. The molecular weight excluding hydrogens is 506 g/mol. The van der Waals surface area contributed by atoms with E-state index in [9.17, 15) is 10.2 Å². The van der Waals surface area contributed by atoms with Crippen LogP contribution in [0.2, 0.25) is 0 Å². The Balaban J connectivity index is 1.07. The van der Waals surface area contributed by atoms with Crippen molar-refractivity contribution < 1.29 is 14.9 Å². The Labute approximate surface area is 223 Å². The van der Waals surface area contributed by atoms with Crippen molar-refractivity contribution >= 4 is 40.4 Å². The van der Waals surface area contributed by atoms with Crippen molar-refractivity contribution in [1.29, 1.82) is 0 Å². The number of anilines is 2. The number of rotatable bonds is 9. The Morgan fingerprint density at radius 2 is 2.00 bits per heavy atom. The minimum absolute atomic E-state index is 0.241. The van der Waals surface area contributed by atoms with Gasteiger partial charge in [0, 0.05) is 35.9 Å². The van der Waals surface area contributed by atoms with E-state index < -0.39 is 24.5 Å². The number of benzene rings is 1. The number of imidazole rings is 1. The Kier molecular flexibility index (Phi) is 7.98. The summed E-state index contributed by atoms with van der Waals surface area (Å²) in [5.74, 6) is 1.89. The van der Waals surface area contributed by atoms with Crippen LogP contribution >= 0.6 is 11.8 Å². The third-order valence-corrected chi connectivity index (χ3v) is 7.28. The summed E-state index contributed by atoms with van der Waals surface area (Å²) in [4.78, 5) is 20.9. The van der Waals surface area contributed by atoms with Crippen LogP contribution in [0.5, 0.6) is 0 Å². The quantitative estimate of drug-likeness (QED) is 0.119. The van der Waals surface area contributed by atoms with Gasteiger partial charge in [0.2, 0.25) is 0 Å². The van der Waals surface area contributed by atoms with E-state index in [1.807, 2.05) is 42.6 Å². The van der Waals surface area contributed by atoms with E-state index in [-0.39, 0.29) is 5.82 Å². The average molecular weight is 536 g/mol. The zero-order valence-corrected chi connectivity index (χ0v) is 21.3. The van der Waals surface area contributed by atoms with E-state index in [4.69, 9.17) is 16.2 Å². The largest absolute Gasteiger partial charge is 0.387 e. The number of pyridine rings is 1. The van der Waals surface area contributed by atoms with Gasteiger partial charge in [0.15, 0.2) is 23.7 Å². The molecule has 38 heavy (non-hydrogen) atoms. The first-order valence-corrected chi connectivity index (χ1v) is 13.3. The first kappa shape index (κ1) is 25.9. The molecule has 0 unspecified atom stereocenters. The van der Waals surface area contributed by atoms with Gasteiger partial charge in [-0.1, -0.05) is 18.2 Å². The fourth-order valence-corrected chi connectivity index (χ4v) is 5.22. The normalized spacial score (nSPS) is 21.7. The van der Waals surface area contributed by atoms with Gasteiger partial charge >= 0.3 is 0 Å². The van der Waals surface area contributed by atoms with Crippen molar-refractivity contribution in [3.05, 3.63) is 61.4 Å². The molecule has 0 aliphatic carbocycles. The van der Waals surface area contributed by atoms with Gasteiger partial charge in [0.1, 0.15) is 24.1 Å². The number of nitrogens with zero attached hydrogens (tertiary/aromatic N) is 6. The highest BCUT2D eigenvalue weighted by atomic mass is 32.2. The van der Waals surface area contributed by atoms with E-state index >= 15 is 0 Å². The van der Waals surface area contributed by atoms with E-state index in [1.165, 1.54) is 12.7 Å². The average Bonchev–Trinajstić information content (AvgIpc) is 3.48. The molecule has 1 fully saturated rings. The molecule has 0 radical (unpaired) electrons. The van der Waals surface area contributed by atoms with Gasteiger partial charge in [-0.3, -0.25) is 14.5 Å². The van der Waals surface area contributed by atoms with Crippen LogP contribution in [-0.2, 0) is 4.74 Å². The number of guanidine groups is 1. The van der Waals surface area contributed by atoms with Gasteiger partial charge in [-0.05, 0) is 35.9 Å². The first-order chi connectivity index (χ1) is 18.5. The minimum atomic E-state index is -1.12. The second kappa shape index (κ2) is 11.7. The first-order valence-electron chi connectivity index (χ1n) is 12.1. The van der Waals surface area contributed by atoms with Crippen molar-refractivity contribution in [1.82, 2.24) is 24.5 Å². The molecule has 1 saturated heterocycles. The predicted molar refractivity (Wildman–Crippen MR) is 147 cm³/mol. The summed E-state index contributed by atoms with van der Waals surface area (Å²) in [6.45, 7) is 0.551. The highest BCUT2D eigenvalue weighted by Gasteiger charge is 2.44. The van der Waals surface area contributed by atoms with Gasteiger partial charge < -0.3 is 31.7 Å². The lowest BCUT2D eigenvalue weighted by molar-refractivity contribution is -0.0289. The molecule has 1 aliphatic heterocycles. The molecular formula is C25H29N9O3S. The zero-order chi connectivity index (χ0) is 26.5. The van der Waals surface area contributed by atoms with E-state index in [0.717, 1.165) is 29.0 Å². The van der Waals surface area contributed by atoms with Crippen LogP contribution in [0.1, 0.15) is 12.6 Å². The molecule has 5 rings (SSSR count). The molecule has 1 aliphatic rings. The number of aliphatic hydroxyl groups is 2. The summed E-state index contributed by atoms with van der Waals surface area (Å²) in [5.41, 5.74) is 15.7. The standard InChI is InChI=1S/C25H29N9O3S/c26-22-19-23(31-13-30-22)34(14-32-19)24-21(36)20(35)18(37-24)12-38-9-3-8-29-25(27)33-17-6-1-4-15(10-17)16-5-2-7-28-11-16/h1-2,4-7,10-11,13-14,18,20-21,24,35-36H,3,8-9,12H2,(H2,26,30,31)(H3,27,29,33)/t18-,20-,21-,24-/m1/s1. The number of aliphatic imine (C=N–C) groups is 1. The molecule has 1 aromatic carbocycles. The highest BCUT2D eigenvalue weighted by Crippen LogP contribution is 2.33. The molecule has 4 aromatic rings. The van der Waals surface area contributed by atoms with Crippen molar-refractivity contribution in [2.45, 2.75) is 31.0 Å². The number of hydrogen-bond acceptors (Lipinski definition) is 10. The minimum Gasteiger partial charge on any atom is -0.387 e. The Bertz CT molecular complexity index is 1400.